The van der Waals surface area contributed by atoms with Crippen LogP contribution in [0.1, 0.15) is 17.3 Å². The van der Waals surface area contributed by atoms with Crippen LogP contribution in [-0.4, -0.2) is 25.1 Å². The number of carbonyl (C=O) groups excluding carboxylic acids is 1. The molecule has 3 aromatic carbocycles. The molecule has 1 amide bonds. The van der Waals surface area contributed by atoms with Crippen molar-refractivity contribution in [3.63, 3.8) is 0 Å². The van der Waals surface area contributed by atoms with Gasteiger partial charge in [-0.15, -0.1) is 0 Å². The first-order valence-corrected chi connectivity index (χ1v) is 12.2. The highest BCUT2D eigenvalue weighted by atomic mass is 35.5. The Morgan fingerprint density at radius 3 is 2.44 bits per heavy atom. The van der Waals surface area contributed by atoms with Crippen LogP contribution in [0, 0.1) is 0 Å². The highest BCUT2D eigenvalue weighted by Crippen LogP contribution is 2.33. The van der Waals surface area contributed by atoms with Gasteiger partial charge in [0.1, 0.15) is 5.52 Å². The minimum atomic E-state index is -3.38. The smallest absolute Gasteiger partial charge is 0.255 e. The Hall–Kier alpha value is -2.58. The van der Waals surface area contributed by atoms with Gasteiger partial charge in [-0.25, -0.2) is 13.4 Å². The monoisotopic (exact) mass is 508 g/mol. The van der Waals surface area contributed by atoms with Crippen molar-refractivity contribution in [1.29, 1.82) is 0 Å². The van der Waals surface area contributed by atoms with Crippen LogP contribution in [0.2, 0.25) is 15.1 Å². The number of carbonyl (C=O) groups is 1. The summed E-state index contributed by atoms with van der Waals surface area (Å²) in [6.07, 6.45) is 0. The van der Waals surface area contributed by atoms with Crippen LogP contribution < -0.4 is 5.32 Å². The number of fused-ring (bicyclic) bond motifs is 1. The van der Waals surface area contributed by atoms with Crippen molar-refractivity contribution in [3.8, 4) is 11.5 Å². The summed E-state index contributed by atoms with van der Waals surface area (Å²) in [5.74, 6) is -0.208. The van der Waals surface area contributed by atoms with Crippen LogP contribution in [0.15, 0.2) is 63.9 Å². The number of nitrogens with zero attached hydrogens (tertiary/aromatic N) is 1. The van der Waals surface area contributed by atoms with Crippen LogP contribution in [0.25, 0.3) is 22.6 Å². The molecule has 1 aromatic heterocycles. The Kier molecular flexibility index (Phi) is 6.18. The Morgan fingerprint density at radius 2 is 1.72 bits per heavy atom. The SMILES string of the molecule is CCS(=O)(=O)c1ccc2oc(-c3cc(NC(=O)c4ccc(Cl)c(Cl)c4)ccc3Cl)nc2c1. The molecule has 6 nitrogen and oxygen atoms in total. The Bertz CT molecular complexity index is 1470. The summed E-state index contributed by atoms with van der Waals surface area (Å²) >= 11 is 18.2. The van der Waals surface area contributed by atoms with Crippen molar-refractivity contribution in [2.75, 3.05) is 11.1 Å². The molecule has 4 aromatic rings. The van der Waals surface area contributed by atoms with Crippen molar-refractivity contribution >= 4 is 67.3 Å². The minimum absolute atomic E-state index is 0.0182. The molecule has 164 valence electrons. The lowest BCUT2D eigenvalue weighted by atomic mass is 10.1. The van der Waals surface area contributed by atoms with Crippen molar-refractivity contribution in [3.05, 3.63) is 75.2 Å². The number of rotatable bonds is 5. The predicted molar refractivity (Wildman–Crippen MR) is 127 cm³/mol. The summed E-state index contributed by atoms with van der Waals surface area (Å²) in [6, 6.07) is 13.9. The maximum absolute atomic E-state index is 12.6. The normalized spacial score (nSPS) is 11.6. The number of hydrogen-bond donors (Lipinski definition) is 1. The third kappa shape index (κ3) is 4.47. The number of halogens is 3. The first-order chi connectivity index (χ1) is 15.2. The maximum atomic E-state index is 12.6. The lowest BCUT2D eigenvalue weighted by Crippen LogP contribution is -2.11. The molecule has 0 bridgehead atoms. The molecule has 4 rings (SSSR count). The molecule has 0 radical (unpaired) electrons. The number of nitrogens with one attached hydrogen (secondary N) is 1. The fraction of sp³-hybridized carbons (Fsp3) is 0.0909. The molecule has 0 aliphatic heterocycles. The molecule has 32 heavy (non-hydrogen) atoms. The third-order valence-electron chi connectivity index (χ3n) is 4.73. The van der Waals surface area contributed by atoms with E-state index in [1.165, 1.54) is 24.3 Å². The quantitative estimate of drug-likeness (QED) is 0.332. The van der Waals surface area contributed by atoms with Crippen LogP contribution in [0.3, 0.4) is 0 Å². The number of sulfone groups is 1. The first-order valence-electron chi connectivity index (χ1n) is 9.37. The molecule has 0 atom stereocenters. The average molecular weight is 510 g/mol. The van der Waals surface area contributed by atoms with Crippen molar-refractivity contribution in [1.82, 2.24) is 4.98 Å². The summed E-state index contributed by atoms with van der Waals surface area (Å²) in [5, 5.41) is 3.74. The van der Waals surface area contributed by atoms with Gasteiger partial charge >= 0.3 is 0 Å². The summed E-state index contributed by atoms with van der Waals surface area (Å²) in [5.41, 5.74) is 2.03. The molecule has 10 heteroatoms. The Balaban J connectivity index is 1.67. The topological polar surface area (TPSA) is 89.3 Å². The van der Waals surface area contributed by atoms with E-state index >= 15 is 0 Å². The number of aromatic nitrogens is 1. The van der Waals surface area contributed by atoms with E-state index in [4.69, 9.17) is 39.2 Å². The number of hydrogen-bond acceptors (Lipinski definition) is 5. The standard InChI is InChI=1S/C22H15Cl3N2O4S/c1-2-32(29,30)14-5-8-20-19(11-14)27-22(31-20)15-10-13(4-7-16(15)23)26-21(28)12-3-6-17(24)18(25)9-12/h3-11H,2H2,1H3,(H,26,28). The van der Waals surface area contributed by atoms with E-state index in [1.54, 1.807) is 37.3 Å². The van der Waals surface area contributed by atoms with E-state index in [0.717, 1.165) is 0 Å². The molecule has 0 fully saturated rings. The molecule has 0 aliphatic rings. The molecule has 0 unspecified atom stereocenters. The van der Waals surface area contributed by atoms with Gasteiger partial charge in [0.15, 0.2) is 15.4 Å². The van der Waals surface area contributed by atoms with E-state index in [-0.39, 0.29) is 27.5 Å². The number of benzene rings is 3. The first kappa shape index (κ1) is 22.6. The molecule has 0 saturated heterocycles. The van der Waals surface area contributed by atoms with Gasteiger partial charge in [-0.1, -0.05) is 41.7 Å². The van der Waals surface area contributed by atoms with Crippen LogP contribution >= 0.6 is 34.8 Å². The zero-order chi connectivity index (χ0) is 23.0. The molecule has 0 saturated carbocycles. The Labute approximate surface area is 199 Å². The summed E-state index contributed by atoms with van der Waals surface area (Å²) in [4.78, 5) is 17.1. The van der Waals surface area contributed by atoms with Gasteiger partial charge in [0.2, 0.25) is 5.89 Å². The van der Waals surface area contributed by atoms with Crippen LogP contribution in [0.4, 0.5) is 5.69 Å². The summed E-state index contributed by atoms with van der Waals surface area (Å²) in [7, 11) is -3.38. The summed E-state index contributed by atoms with van der Waals surface area (Å²) in [6.45, 7) is 1.57. The maximum Gasteiger partial charge on any atom is 0.255 e. The second-order valence-corrected chi connectivity index (χ2v) is 10.3. The Morgan fingerprint density at radius 1 is 0.969 bits per heavy atom. The van der Waals surface area contributed by atoms with Crippen molar-refractivity contribution < 1.29 is 17.6 Å². The lowest BCUT2D eigenvalue weighted by Gasteiger charge is -2.08. The highest BCUT2D eigenvalue weighted by Gasteiger charge is 2.17. The number of amides is 1. The van der Waals surface area contributed by atoms with Crippen molar-refractivity contribution in [2.24, 2.45) is 0 Å². The van der Waals surface area contributed by atoms with Crippen LogP contribution in [-0.2, 0) is 9.84 Å². The van der Waals surface area contributed by atoms with Crippen molar-refractivity contribution in [2.45, 2.75) is 11.8 Å². The molecular formula is C22H15Cl3N2O4S. The summed E-state index contributed by atoms with van der Waals surface area (Å²) < 4.78 is 30.1. The van der Waals surface area contributed by atoms with E-state index in [2.05, 4.69) is 10.3 Å². The van der Waals surface area contributed by atoms with Gasteiger partial charge in [0.05, 0.1) is 31.3 Å². The molecule has 1 N–H and O–H groups in total. The van der Waals surface area contributed by atoms with E-state index in [0.29, 0.717) is 38.0 Å². The predicted octanol–water partition coefficient (Wildman–Crippen LogP) is 6.50. The third-order valence-corrected chi connectivity index (χ3v) is 7.54. The molecule has 1 heterocycles. The van der Waals surface area contributed by atoms with Gasteiger partial charge < -0.3 is 9.73 Å². The lowest BCUT2D eigenvalue weighted by molar-refractivity contribution is 0.102. The van der Waals surface area contributed by atoms with E-state index in [9.17, 15) is 13.2 Å². The van der Waals surface area contributed by atoms with Gasteiger partial charge in [0, 0.05) is 11.3 Å². The zero-order valence-corrected chi connectivity index (χ0v) is 19.6. The van der Waals surface area contributed by atoms with E-state index in [1.807, 2.05) is 0 Å². The molecule has 0 aliphatic carbocycles. The average Bonchev–Trinajstić information content (AvgIpc) is 3.20. The second kappa shape index (κ2) is 8.75. The van der Waals surface area contributed by atoms with E-state index < -0.39 is 9.84 Å². The van der Waals surface area contributed by atoms with Gasteiger partial charge in [-0.3, -0.25) is 4.79 Å². The number of oxazole rings is 1. The zero-order valence-electron chi connectivity index (χ0n) is 16.5. The molecule has 0 spiro atoms. The second-order valence-electron chi connectivity index (χ2n) is 6.83. The van der Waals surface area contributed by atoms with Crippen LogP contribution in [0.5, 0.6) is 0 Å². The largest absolute Gasteiger partial charge is 0.436 e. The van der Waals surface area contributed by atoms with Gasteiger partial charge in [-0.2, -0.15) is 0 Å². The minimum Gasteiger partial charge on any atom is -0.436 e. The molecular weight excluding hydrogens is 495 g/mol. The fourth-order valence-corrected chi connectivity index (χ4v) is 4.39. The fourth-order valence-electron chi connectivity index (χ4n) is 2.99. The van der Waals surface area contributed by atoms with Gasteiger partial charge in [-0.05, 0) is 54.6 Å². The highest BCUT2D eigenvalue weighted by molar-refractivity contribution is 7.91. The van der Waals surface area contributed by atoms with Gasteiger partial charge in [0.25, 0.3) is 5.91 Å². The number of anilines is 1.